The molecule has 3 aromatic rings. The quantitative estimate of drug-likeness (QED) is 0.296. The molecule has 0 spiro atoms. The number of benzene rings is 1. The van der Waals surface area contributed by atoms with Crippen LogP contribution < -0.4 is 0 Å². The number of para-hydroxylation sites is 2. The number of rotatable bonds is 5. The van der Waals surface area contributed by atoms with Crippen molar-refractivity contribution >= 4 is 23.2 Å². The first kappa shape index (κ1) is 30.7. The third-order valence-corrected chi connectivity index (χ3v) is 7.74. The van der Waals surface area contributed by atoms with Gasteiger partial charge in [-0.2, -0.15) is 0 Å². The number of hydrogen-bond acceptors (Lipinski definition) is 7. The molecule has 43 heavy (non-hydrogen) atoms. The van der Waals surface area contributed by atoms with Gasteiger partial charge >= 0.3 is 12.2 Å². The smallest absolute Gasteiger partial charge is 0.420 e. The van der Waals surface area contributed by atoms with Gasteiger partial charge < -0.3 is 14.4 Å². The predicted octanol–water partition coefficient (Wildman–Crippen LogP) is 7.05. The summed E-state index contributed by atoms with van der Waals surface area (Å²) in [5, 5.41) is 0. The number of amides is 1. The van der Waals surface area contributed by atoms with E-state index in [9.17, 15) is 9.59 Å². The van der Waals surface area contributed by atoms with Crippen LogP contribution in [0.4, 0.5) is 9.59 Å². The molecule has 0 N–H and O–H groups in total. The van der Waals surface area contributed by atoms with E-state index in [1.807, 2.05) is 78.1 Å². The lowest BCUT2D eigenvalue weighted by Crippen LogP contribution is -2.41. The maximum absolute atomic E-state index is 13.5. The molecule has 1 aromatic carbocycles. The Bertz CT molecular complexity index is 1500. The third kappa shape index (κ3) is 7.63. The lowest BCUT2D eigenvalue weighted by molar-refractivity contribution is 0.0246. The zero-order valence-electron chi connectivity index (χ0n) is 26.4. The Morgan fingerprint density at radius 1 is 0.977 bits per heavy atom. The predicted molar refractivity (Wildman–Crippen MR) is 167 cm³/mol. The maximum Gasteiger partial charge on any atom is 0.420 e. The van der Waals surface area contributed by atoms with E-state index in [2.05, 4.69) is 17.0 Å². The zero-order valence-corrected chi connectivity index (χ0v) is 26.4. The van der Waals surface area contributed by atoms with Gasteiger partial charge in [-0.05, 0) is 97.4 Å². The number of imidazole rings is 1. The number of aromatic nitrogens is 3. The fourth-order valence-corrected chi connectivity index (χ4v) is 5.91. The summed E-state index contributed by atoms with van der Waals surface area (Å²) in [5.74, 6) is 0.635. The second-order valence-corrected chi connectivity index (χ2v) is 13.6. The Morgan fingerprint density at radius 3 is 2.49 bits per heavy atom. The molecule has 2 aromatic heterocycles. The van der Waals surface area contributed by atoms with Crippen LogP contribution in [0.1, 0.15) is 90.3 Å². The van der Waals surface area contributed by atoms with Crippen molar-refractivity contribution in [3.05, 3.63) is 71.3 Å². The van der Waals surface area contributed by atoms with Crippen LogP contribution >= 0.6 is 0 Å². The Morgan fingerprint density at radius 2 is 1.72 bits per heavy atom. The van der Waals surface area contributed by atoms with E-state index in [1.54, 1.807) is 9.47 Å². The summed E-state index contributed by atoms with van der Waals surface area (Å²) < 4.78 is 13.1. The second kappa shape index (κ2) is 12.5. The molecule has 1 aliphatic heterocycles. The van der Waals surface area contributed by atoms with Crippen LogP contribution in [0.15, 0.2) is 54.2 Å². The fraction of sp³-hybridized carbons (Fsp3) is 0.529. The monoisotopic (exact) mass is 587 g/mol. The Hall–Kier alpha value is -3.72. The van der Waals surface area contributed by atoms with E-state index in [0.29, 0.717) is 32.0 Å². The van der Waals surface area contributed by atoms with E-state index < -0.39 is 17.3 Å². The molecule has 0 radical (unpaired) electrons. The summed E-state index contributed by atoms with van der Waals surface area (Å²) in [6.07, 6.45) is 8.27. The summed E-state index contributed by atoms with van der Waals surface area (Å²) in [6, 6.07) is 11.9. The summed E-state index contributed by atoms with van der Waals surface area (Å²) >= 11 is 0. The van der Waals surface area contributed by atoms with Crippen molar-refractivity contribution in [1.29, 1.82) is 0 Å². The topological polar surface area (TPSA) is 89.8 Å². The van der Waals surface area contributed by atoms with Gasteiger partial charge in [-0.1, -0.05) is 29.8 Å². The lowest BCUT2D eigenvalue weighted by atomic mass is 9.90. The summed E-state index contributed by atoms with van der Waals surface area (Å²) in [6.45, 7) is 13.6. The summed E-state index contributed by atoms with van der Waals surface area (Å²) in [7, 11) is 0. The molecule has 230 valence electrons. The van der Waals surface area contributed by atoms with Crippen LogP contribution in [0.2, 0.25) is 0 Å². The average molecular weight is 588 g/mol. The molecule has 0 bridgehead atoms. The highest BCUT2D eigenvalue weighted by molar-refractivity contribution is 5.87. The highest BCUT2D eigenvalue weighted by Gasteiger charge is 2.31. The van der Waals surface area contributed by atoms with Crippen molar-refractivity contribution in [3.63, 3.8) is 0 Å². The standard InChI is InChI=1S/C34H45N5O4/c1-33(2,3)42-31(40)38-20-11-12-24(22-38)18-21-37(28-17-9-13-25-14-10-19-35-30(25)28)23-29-36-26-15-7-8-16-27(26)39(29)32(41)43-34(4,5)6/h7-8,10,14-16,18-19,28H,9,11-13,17,20-23H2,1-6H3/t28-/m0/s1. The van der Waals surface area contributed by atoms with Crippen molar-refractivity contribution in [2.75, 3.05) is 19.6 Å². The Balaban J connectivity index is 1.47. The molecule has 3 heterocycles. The molecule has 1 saturated heterocycles. The molecule has 2 aliphatic rings. The number of ether oxygens (including phenoxy) is 2. The molecular weight excluding hydrogens is 542 g/mol. The van der Waals surface area contributed by atoms with E-state index in [-0.39, 0.29) is 12.1 Å². The number of hydrogen-bond donors (Lipinski definition) is 0. The molecule has 1 atom stereocenters. The summed E-state index contributed by atoms with van der Waals surface area (Å²) in [5.41, 5.74) is 3.88. The van der Waals surface area contributed by atoms with Crippen LogP contribution in [0, 0.1) is 0 Å². The van der Waals surface area contributed by atoms with Crippen molar-refractivity contribution in [3.8, 4) is 0 Å². The number of piperidine rings is 1. The highest BCUT2D eigenvalue weighted by atomic mass is 16.6. The minimum Gasteiger partial charge on any atom is -0.444 e. The third-order valence-electron chi connectivity index (χ3n) is 7.74. The normalized spacial score (nSPS) is 18.6. The van der Waals surface area contributed by atoms with Gasteiger partial charge in [0.05, 0.1) is 29.3 Å². The Kier molecular flexibility index (Phi) is 8.92. The number of carbonyl (C=O) groups is 2. The van der Waals surface area contributed by atoms with Gasteiger partial charge in [0.2, 0.25) is 0 Å². The van der Waals surface area contributed by atoms with Gasteiger partial charge in [0.15, 0.2) is 0 Å². The van der Waals surface area contributed by atoms with E-state index in [0.717, 1.165) is 48.8 Å². The maximum atomic E-state index is 13.5. The van der Waals surface area contributed by atoms with E-state index in [4.69, 9.17) is 19.4 Å². The van der Waals surface area contributed by atoms with Gasteiger partial charge in [0, 0.05) is 25.8 Å². The van der Waals surface area contributed by atoms with Crippen LogP contribution in [-0.2, 0) is 22.4 Å². The largest absolute Gasteiger partial charge is 0.444 e. The molecule has 5 rings (SSSR count). The van der Waals surface area contributed by atoms with E-state index in [1.165, 1.54) is 11.1 Å². The van der Waals surface area contributed by atoms with E-state index >= 15 is 0 Å². The Labute approximate surface area is 254 Å². The molecule has 1 fully saturated rings. The minimum atomic E-state index is -0.642. The average Bonchev–Trinajstić information content (AvgIpc) is 3.31. The molecule has 9 heteroatoms. The van der Waals surface area contributed by atoms with Crippen LogP contribution in [0.5, 0.6) is 0 Å². The number of likely N-dealkylation sites (tertiary alicyclic amines) is 1. The first-order valence-corrected chi connectivity index (χ1v) is 15.4. The molecule has 1 aliphatic carbocycles. The van der Waals surface area contributed by atoms with Gasteiger partial charge in [-0.15, -0.1) is 0 Å². The lowest BCUT2D eigenvalue weighted by Gasteiger charge is -2.35. The molecule has 1 amide bonds. The van der Waals surface area contributed by atoms with Gasteiger partial charge in [0.25, 0.3) is 0 Å². The zero-order chi connectivity index (χ0) is 30.8. The van der Waals surface area contributed by atoms with Gasteiger partial charge in [0.1, 0.15) is 17.0 Å². The molecule has 0 saturated carbocycles. The minimum absolute atomic E-state index is 0.0687. The van der Waals surface area contributed by atoms with Gasteiger partial charge in [-0.3, -0.25) is 9.88 Å². The molecular formula is C34H45N5O4. The number of carbonyl (C=O) groups excluding carboxylic acids is 2. The second-order valence-electron chi connectivity index (χ2n) is 13.6. The highest BCUT2D eigenvalue weighted by Crippen LogP contribution is 2.34. The van der Waals surface area contributed by atoms with Crippen LogP contribution in [0.3, 0.4) is 0 Å². The first-order chi connectivity index (χ1) is 20.4. The van der Waals surface area contributed by atoms with Crippen molar-refractivity contribution in [1.82, 2.24) is 24.3 Å². The first-order valence-electron chi connectivity index (χ1n) is 15.4. The van der Waals surface area contributed by atoms with Crippen LogP contribution in [0.25, 0.3) is 11.0 Å². The fourth-order valence-electron chi connectivity index (χ4n) is 5.91. The number of fused-ring (bicyclic) bond motifs is 2. The van der Waals surface area contributed by atoms with Crippen molar-refractivity contribution < 1.29 is 19.1 Å². The summed E-state index contributed by atoms with van der Waals surface area (Å²) in [4.78, 5) is 40.3. The molecule has 0 unspecified atom stereocenters. The SMILES string of the molecule is CC(C)(C)OC(=O)N1CCCC(=CCN(Cc2nc3ccccc3n2C(=O)OC(C)(C)C)[C@H]2CCCc3cccnc32)C1. The molecule has 9 nitrogen and oxygen atoms in total. The number of nitrogens with zero attached hydrogens (tertiary/aromatic N) is 5. The van der Waals surface area contributed by atoms with Gasteiger partial charge in [-0.25, -0.2) is 19.1 Å². The number of aryl methyl sites for hydroxylation is 1. The van der Waals surface area contributed by atoms with Crippen molar-refractivity contribution in [2.45, 2.75) is 97.4 Å². The number of pyridine rings is 1. The van der Waals surface area contributed by atoms with Crippen molar-refractivity contribution in [2.24, 2.45) is 0 Å². The van der Waals surface area contributed by atoms with Crippen LogP contribution in [-0.4, -0.2) is 67.4 Å².